The van der Waals surface area contributed by atoms with Crippen molar-refractivity contribution >= 4 is 17.9 Å². The Morgan fingerprint density at radius 1 is 1.08 bits per heavy atom. The normalized spacial score (nSPS) is 22.6. The van der Waals surface area contributed by atoms with E-state index in [9.17, 15) is 24.6 Å². The van der Waals surface area contributed by atoms with Gasteiger partial charge in [-0.2, -0.15) is 0 Å². The van der Waals surface area contributed by atoms with E-state index in [4.69, 9.17) is 4.74 Å². The number of benzene rings is 1. The van der Waals surface area contributed by atoms with Crippen molar-refractivity contribution in [1.82, 2.24) is 0 Å². The van der Waals surface area contributed by atoms with Gasteiger partial charge in [-0.1, -0.05) is 50.1 Å². The molecule has 1 aliphatic rings. The van der Waals surface area contributed by atoms with Gasteiger partial charge in [-0.15, -0.1) is 0 Å². The zero-order chi connectivity index (χ0) is 18.4. The van der Waals surface area contributed by atoms with Crippen LogP contribution in [0.1, 0.15) is 50.7 Å². The van der Waals surface area contributed by atoms with Crippen LogP contribution in [0.15, 0.2) is 30.3 Å². The molecular formula is C19H24O6. The highest BCUT2D eigenvalue weighted by Gasteiger charge is 2.39. The van der Waals surface area contributed by atoms with Crippen LogP contribution in [0.2, 0.25) is 0 Å². The molecule has 0 radical (unpaired) electrons. The number of hydrogen-bond acceptors (Lipinski definition) is 4. The number of aliphatic carboxylic acids is 2. The van der Waals surface area contributed by atoms with Gasteiger partial charge in [0, 0.05) is 0 Å². The molecule has 1 aromatic rings. The second-order valence-corrected chi connectivity index (χ2v) is 6.46. The molecule has 25 heavy (non-hydrogen) atoms. The lowest BCUT2D eigenvalue weighted by Gasteiger charge is -2.30. The van der Waals surface area contributed by atoms with Gasteiger partial charge in [0.25, 0.3) is 0 Å². The fraction of sp³-hybridized carbons (Fsp3) is 0.526. The maximum atomic E-state index is 12.7. The standard InChI is InChI=1S/C19H24O6/c1-2-13(17(20)21)16(12-8-4-3-5-9-12)25-19(24)15-11-7-6-10-14(15)18(22)23/h3-5,8-9,13-16H,2,6-7,10-11H2,1H3,(H,20,21)(H,22,23). The van der Waals surface area contributed by atoms with Crippen LogP contribution in [0.5, 0.6) is 0 Å². The summed E-state index contributed by atoms with van der Waals surface area (Å²) >= 11 is 0. The molecule has 0 spiro atoms. The van der Waals surface area contributed by atoms with Crippen molar-refractivity contribution in [2.75, 3.05) is 0 Å². The summed E-state index contributed by atoms with van der Waals surface area (Å²) < 4.78 is 5.59. The van der Waals surface area contributed by atoms with E-state index in [2.05, 4.69) is 0 Å². The minimum atomic E-state index is -1.04. The lowest BCUT2D eigenvalue weighted by atomic mass is 9.79. The predicted octanol–water partition coefficient (Wildman–Crippen LogP) is 3.27. The largest absolute Gasteiger partial charge is 0.481 e. The molecule has 0 aliphatic heterocycles. The van der Waals surface area contributed by atoms with Crippen LogP contribution < -0.4 is 0 Å². The summed E-state index contributed by atoms with van der Waals surface area (Å²) in [5.41, 5.74) is 0.604. The van der Waals surface area contributed by atoms with E-state index in [1.807, 2.05) is 0 Å². The molecule has 0 bridgehead atoms. The number of carboxylic acid groups (broad SMARTS) is 2. The SMILES string of the molecule is CCC(C(=O)O)C(OC(=O)C1CCCCC1C(=O)O)c1ccccc1. The highest BCUT2D eigenvalue weighted by Crippen LogP contribution is 2.35. The Hall–Kier alpha value is -2.37. The van der Waals surface area contributed by atoms with Gasteiger partial charge >= 0.3 is 17.9 Å². The fourth-order valence-electron chi connectivity index (χ4n) is 3.46. The summed E-state index contributed by atoms with van der Waals surface area (Å²) in [6.45, 7) is 1.73. The zero-order valence-corrected chi connectivity index (χ0v) is 14.3. The second-order valence-electron chi connectivity index (χ2n) is 6.46. The van der Waals surface area contributed by atoms with Gasteiger partial charge in [0.05, 0.1) is 17.8 Å². The fourth-order valence-corrected chi connectivity index (χ4v) is 3.46. The maximum absolute atomic E-state index is 12.7. The molecule has 136 valence electrons. The van der Waals surface area contributed by atoms with Crippen LogP contribution in [-0.2, 0) is 19.1 Å². The Balaban J connectivity index is 2.24. The van der Waals surface area contributed by atoms with Gasteiger partial charge in [-0.25, -0.2) is 0 Å². The second kappa shape index (κ2) is 8.65. The van der Waals surface area contributed by atoms with E-state index in [0.29, 0.717) is 24.8 Å². The first-order valence-corrected chi connectivity index (χ1v) is 8.66. The smallest absolute Gasteiger partial charge is 0.310 e. The van der Waals surface area contributed by atoms with Gasteiger partial charge in [-0.05, 0) is 24.8 Å². The molecule has 2 rings (SSSR count). The highest BCUT2D eigenvalue weighted by molar-refractivity contribution is 5.82. The van der Waals surface area contributed by atoms with Crippen LogP contribution in [0, 0.1) is 17.8 Å². The average Bonchev–Trinajstić information content (AvgIpc) is 2.61. The molecule has 4 atom stereocenters. The van der Waals surface area contributed by atoms with Crippen molar-refractivity contribution in [2.24, 2.45) is 17.8 Å². The molecule has 1 saturated carbocycles. The Morgan fingerprint density at radius 3 is 2.20 bits per heavy atom. The molecule has 0 saturated heterocycles. The van der Waals surface area contributed by atoms with Crippen molar-refractivity contribution in [3.8, 4) is 0 Å². The number of ether oxygens (including phenoxy) is 1. The molecule has 1 aliphatic carbocycles. The van der Waals surface area contributed by atoms with E-state index in [0.717, 1.165) is 12.8 Å². The lowest BCUT2D eigenvalue weighted by molar-refractivity contribution is -0.169. The zero-order valence-electron chi connectivity index (χ0n) is 14.3. The summed E-state index contributed by atoms with van der Waals surface area (Å²) in [5, 5.41) is 18.8. The Labute approximate surface area is 146 Å². The molecule has 1 fully saturated rings. The number of rotatable bonds is 7. The van der Waals surface area contributed by atoms with E-state index in [-0.39, 0.29) is 0 Å². The minimum absolute atomic E-state index is 0.301. The first-order valence-electron chi connectivity index (χ1n) is 8.66. The Bertz CT molecular complexity index is 612. The van der Waals surface area contributed by atoms with Crippen molar-refractivity contribution in [3.05, 3.63) is 35.9 Å². The molecule has 6 nitrogen and oxygen atoms in total. The molecule has 6 heteroatoms. The molecule has 0 aromatic heterocycles. The van der Waals surface area contributed by atoms with E-state index >= 15 is 0 Å². The predicted molar refractivity (Wildman–Crippen MR) is 89.8 cm³/mol. The van der Waals surface area contributed by atoms with Crippen molar-refractivity contribution in [1.29, 1.82) is 0 Å². The summed E-state index contributed by atoms with van der Waals surface area (Å²) in [5.74, 6) is -5.00. The van der Waals surface area contributed by atoms with Crippen LogP contribution in [0.25, 0.3) is 0 Å². The third-order valence-corrected chi connectivity index (χ3v) is 4.88. The molecular weight excluding hydrogens is 324 g/mol. The van der Waals surface area contributed by atoms with Gasteiger partial charge in [0.15, 0.2) is 0 Å². The van der Waals surface area contributed by atoms with Crippen molar-refractivity contribution in [3.63, 3.8) is 0 Å². The van der Waals surface area contributed by atoms with E-state index < -0.39 is 41.8 Å². The maximum Gasteiger partial charge on any atom is 0.310 e. The summed E-state index contributed by atoms with van der Waals surface area (Å²) in [4.78, 5) is 35.7. The minimum Gasteiger partial charge on any atom is -0.481 e. The van der Waals surface area contributed by atoms with Gasteiger partial charge in [-0.3, -0.25) is 14.4 Å². The summed E-state index contributed by atoms with van der Waals surface area (Å²) in [6, 6.07) is 8.75. The molecule has 4 unspecified atom stereocenters. The van der Waals surface area contributed by atoms with Gasteiger partial charge in [0.1, 0.15) is 6.10 Å². The number of esters is 1. The van der Waals surface area contributed by atoms with Gasteiger partial charge in [0.2, 0.25) is 0 Å². The third kappa shape index (κ3) is 4.59. The lowest BCUT2D eigenvalue weighted by Crippen LogP contribution is -2.36. The van der Waals surface area contributed by atoms with Crippen LogP contribution >= 0.6 is 0 Å². The van der Waals surface area contributed by atoms with E-state index in [1.54, 1.807) is 37.3 Å². The summed E-state index contributed by atoms with van der Waals surface area (Å²) in [6.07, 6.45) is 1.83. The van der Waals surface area contributed by atoms with Crippen molar-refractivity contribution in [2.45, 2.75) is 45.1 Å². The van der Waals surface area contributed by atoms with Crippen molar-refractivity contribution < 1.29 is 29.3 Å². The van der Waals surface area contributed by atoms with E-state index in [1.165, 1.54) is 0 Å². The monoisotopic (exact) mass is 348 g/mol. The first-order chi connectivity index (χ1) is 12.0. The molecule has 0 heterocycles. The summed E-state index contributed by atoms with van der Waals surface area (Å²) in [7, 11) is 0. The first kappa shape index (κ1) is 19.0. The topological polar surface area (TPSA) is 101 Å². The molecule has 2 N–H and O–H groups in total. The van der Waals surface area contributed by atoms with Gasteiger partial charge < -0.3 is 14.9 Å². The number of carbonyl (C=O) groups is 3. The number of carbonyl (C=O) groups excluding carboxylic acids is 1. The number of hydrogen-bond donors (Lipinski definition) is 2. The quantitative estimate of drug-likeness (QED) is 0.733. The Kier molecular flexibility index (Phi) is 6.56. The van der Waals surface area contributed by atoms with Crippen LogP contribution in [-0.4, -0.2) is 28.1 Å². The highest BCUT2D eigenvalue weighted by atomic mass is 16.5. The average molecular weight is 348 g/mol. The Morgan fingerprint density at radius 2 is 1.68 bits per heavy atom. The van der Waals surface area contributed by atoms with Crippen LogP contribution in [0.4, 0.5) is 0 Å². The third-order valence-electron chi connectivity index (χ3n) is 4.88. The molecule has 0 amide bonds. The van der Waals surface area contributed by atoms with Crippen LogP contribution in [0.3, 0.4) is 0 Å². The number of carboxylic acids is 2. The molecule has 1 aromatic carbocycles.